The van der Waals surface area contributed by atoms with Crippen molar-refractivity contribution < 1.29 is 4.92 Å². The molecule has 1 unspecified atom stereocenters. The number of hydrogen-bond donors (Lipinski definition) is 0. The number of nitrogens with zero attached hydrogens (tertiary/aromatic N) is 1. The molecule has 0 spiro atoms. The molecule has 2 rings (SSSR count). The first-order chi connectivity index (χ1) is 6.29. The Kier molecular flexibility index (Phi) is 1.85. The second-order valence-corrected chi connectivity index (χ2v) is 3.07. The lowest BCUT2D eigenvalue weighted by atomic mass is 9.93. The summed E-state index contributed by atoms with van der Waals surface area (Å²) in [5.74, 6) is 0. The molecule has 0 bridgehead atoms. The Bertz CT molecular complexity index is 371. The summed E-state index contributed by atoms with van der Waals surface area (Å²) in [5.41, 5.74) is 1.80. The molecule has 0 N–H and O–H groups in total. The van der Waals surface area contributed by atoms with Gasteiger partial charge in [-0.25, -0.2) is 0 Å². The number of benzene rings is 1. The van der Waals surface area contributed by atoms with Crippen LogP contribution in [-0.4, -0.2) is 4.92 Å². The quantitative estimate of drug-likeness (QED) is 0.486. The van der Waals surface area contributed by atoms with E-state index in [4.69, 9.17) is 0 Å². The molecule has 0 aliphatic heterocycles. The Labute approximate surface area is 75.8 Å². The summed E-state index contributed by atoms with van der Waals surface area (Å²) in [4.78, 5) is 10.5. The maximum Gasteiger partial charge on any atom is 0.242 e. The fourth-order valence-electron chi connectivity index (χ4n) is 1.62. The molecule has 0 amide bonds. The first-order valence-electron chi connectivity index (χ1n) is 4.18. The summed E-state index contributed by atoms with van der Waals surface area (Å²) in [6.45, 7) is 0. The number of rotatable bonds is 1. The third kappa shape index (κ3) is 1.33. The molecule has 0 saturated heterocycles. The summed E-state index contributed by atoms with van der Waals surface area (Å²) in [7, 11) is 0. The fourth-order valence-corrected chi connectivity index (χ4v) is 1.62. The number of hydrogen-bond acceptors (Lipinski definition) is 2. The average molecular weight is 175 g/mol. The minimum Gasteiger partial charge on any atom is -0.264 e. The van der Waals surface area contributed by atoms with E-state index in [1.165, 1.54) is 0 Å². The molecule has 1 aromatic carbocycles. The second kappa shape index (κ2) is 3.01. The van der Waals surface area contributed by atoms with Gasteiger partial charge < -0.3 is 0 Å². The van der Waals surface area contributed by atoms with Crippen molar-refractivity contribution in [1.29, 1.82) is 0 Å². The summed E-state index contributed by atoms with van der Waals surface area (Å²) in [6.07, 6.45) is 4.30. The van der Waals surface area contributed by atoms with Gasteiger partial charge in [0.1, 0.15) is 0 Å². The zero-order chi connectivity index (χ0) is 9.26. The summed E-state index contributed by atoms with van der Waals surface area (Å²) >= 11 is 0. The van der Waals surface area contributed by atoms with Crippen LogP contribution in [0.1, 0.15) is 23.6 Å². The van der Waals surface area contributed by atoms with Gasteiger partial charge in [0, 0.05) is 16.9 Å². The Morgan fingerprint density at radius 2 is 2.15 bits per heavy atom. The minimum absolute atomic E-state index is 0.220. The van der Waals surface area contributed by atoms with E-state index in [-0.39, 0.29) is 4.92 Å². The monoisotopic (exact) mass is 175 g/mol. The molecular weight excluding hydrogens is 166 g/mol. The third-order valence-electron chi connectivity index (χ3n) is 2.27. The lowest BCUT2D eigenvalue weighted by Crippen LogP contribution is -2.12. The van der Waals surface area contributed by atoms with Crippen LogP contribution in [0.15, 0.2) is 30.3 Å². The highest BCUT2D eigenvalue weighted by atomic mass is 16.6. The molecule has 1 aliphatic carbocycles. The van der Waals surface area contributed by atoms with Crippen molar-refractivity contribution in [3.8, 4) is 0 Å². The smallest absolute Gasteiger partial charge is 0.242 e. The van der Waals surface area contributed by atoms with Crippen LogP contribution in [0.25, 0.3) is 6.08 Å². The van der Waals surface area contributed by atoms with Gasteiger partial charge in [0.05, 0.1) is 0 Å². The molecule has 0 heterocycles. The average Bonchev–Trinajstić information content (AvgIpc) is 2.17. The van der Waals surface area contributed by atoms with Crippen LogP contribution in [-0.2, 0) is 0 Å². The molecule has 0 aromatic heterocycles. The second-order valence-electron chi connectivity index (χ2n) is 3.07. The van der Waals surface area contributed by atoms with E-state index in [1.54, 1.807) is 0 Å². The minimum atomic E-state index is -0.554. The molecule has 0 saturated carbocycles. The van der Waals surface area contributed by atoms with E-state index in [9.17, 15) is 10.1 Å². The van der Waals surface area contributed by atoms with Crippen molar-refractivity contribution in [2.75, 3.05) is 0 Å². The normalized spacial score (nSPS) is 19.5. The Morgan fingerprint density at radius 1 is 1.38 bits per heavy atom. The van der Waals surface area contributed by atoms with E-state index < -0.39 is 6.04 Å². The topological polar surface area (TPSA) is 43.1 Å². The molecule has 0 fully saturated rings. The van der Waals surface area contributed by atoms with Gasteiger partial charge in [0.15, 0.2) is 0 Å². The van der Waals surface area contributed by atoms with Crippen LogP contribution in [0.3, 0.4) is 0 Å². The summed E-state index contributed by atoms with van der Waals surface area (Å²) in [5, 5.41) is 10.7. The predicted molar refractivity (Wildman–Crippen MR) is 49.8 cm³/mol. The van der Waals surface area contributed by atoms with E-state index in [2.05, 4.69) is 0 Å². The van der Waals surface area contributed by atoms with E-state index in [0.29, 0.717) is 6.42 Å². The molecule has 0 radical (unpaired) electrons. The molecule has 66 valence electrons. The van der Waals surface area contributed by atoms with Gasteiger partial charge in [0.25, 0.3) is 0 Å². The molecule has 3 heteroatoms. The molecular formula is C10H9NO2. The van der Waals surface area contributed by atoms with E-state index in [1.807, 2.05) is 36.4 Å². The van der Waals surface area contributed by atoms with Crippen molar-refractivity contribution in [3.05, 3.63) is 51.6 Å². The Balaban J connectivity index is 2.49. The first-order valence-corrected chi connectivity index (χ1v) is 4.18. The van der Waals surface area contributed by atoms with Crippen molar-refractivity contribution in [1.82, 2.24) is 0 Å². The fraction of sp³-hybridized carbons (Fsp3) is 0.200. The molecule has 1 aromatic rings. The highest BCUT2D eigenvalue weighted by Gasteiger charge is 2.25. The lowest BCUT2D eigenvalue weighted by Gasteiger charge is -2.14. The highest BCUT2D eigenvalue weighted by molar-refractivity contribution is 5.56. The van der Waals surface area contributed by atoms with Crippen LogP contribution in [0.2, 0.25) is 0 Å². The van der Waals surface area contributed by atoms with Crippen LogP contribution in [0.4, 0.5) is 0 Å². The van der Waals surface area contributed by atoms with Gasteiger partial charge in [-0.1, -0.05) is 36.4 Å². The molecule has 1 atom stereocenters. The van der Waals surface area contributed by atoms with Gasteiger partial charge in [-0.3, -0.25) is 10.1 Å². The maximum atomic E-state index is 10.7. The largest absolute Gasteiger partial charge is 0.264 e. The maximum absolute atomic E-state index is 10.7. The van der Waals surface area contributed by atoms with Crippen molar-refractivity contribution in [3.63, 3.8) is 0 Å². The van der Waals surface area contributed by atoms with Crippen molar-refractivity contribution >= 4 is 6.08 Å². The highest BCUT2D eigenvalue weighted by Crippen LogP contribution is 2.29. The van der Waals surface area contributed by atoms with Crippen LogP contribution in [0.5, 0.6) is 0 Å². The summed E-state index contributed by atoms with van der Waals surface area (Å²) in [6, 6.07) is 6.91. The van der Waals surface area contributed by atoms with Crippen molar-refractivity contribution in [2.45, 2.75) is 12.5 Å². The van der Waals surface area contributed by atoms with Gasteiger partial charge in [0.2, 0.25) is 6.04 Å². The van der Waals surface area contributed by atoms with Crippen LogP contribution >= 0.6 is 0 Å². The van der Waals surface area contributed by atoms with Gasteiger partial charge in [-0.05, 0) is 5.56 Å². The number of nitro groups is 1. The zero-order valence-corrected chi connectivity index (χ0v) is 7.01. The van der Waals surface area contributed by atoms with E-state index >= 15 is 0 Å². The third-order valence-corrected chi connectivity index (χ3v) is 2.27. The van der Waals surface area contributed by atoms with E-state index in [0.717, 1.165) is 11.1 Å². The molecule has 13 heavy (non-hydrogen) atoms. The lowest BCUT2D eigenvalue weighted by molar-refractivity contribution is -0.528. The SMILES string of the molecule is O=[N+]([O-])C1CC=Cc2ccccc21. The number of fused-ring (bicyclic) bond motifs is 1. The standard InChI is InChI=1S/C10H9NO2/c12-11(13)10-7-3-5-8-4-1-2-6-9(8)10/h1-6,10H,7H2. The van der Waals surface area contributed by atoms with Crippen LogP contribution < -0.4 is 0 Å². The zero-order valence-electron chi connectivity index (χ0n) is 7.01. The Morgan fingerprint density at radius 3 is 2.92 bits per heavy atom. The molecule has 1 aliphatic rings. The molecule has 3 nitrogen and oxygen atoms in total. The van der Waals surface area contributed by atoms with Crippen LogP contribution in [0, 0.1) is 10.1 Å². The predicted octanol–water partition coefficient (Wildman–Crippen LogP) is 2.42. The van der Waals surface area contributed by atoms with Gasteiger partial charge in [-0.15, -0.1) is 0 Å². The van der Waals surface area contributed by atoms with Crippen molar-refractivity contribution in [2.24, 2.45) is 0 Å². The summed E-state index contributed by atoms with van der Waals surface area (Å²) < 4.78 is 0. The van der Waals surface area contributed by atoms with Gasteiger partial charge in [-0.2, -0.15) is 0 Å². The Hall–Kier alpha value is -1.64. The van der Waals surface area contributed by atoms with Gasteiger partial charge >= 0.3 is 0 Å². The first kappa shape index (κ1) is 7.98.